The maximum atomic E-state index is 4.73. The van der Waals surface area contributed by atoms with Gasteiger partial charge in [-0.25, -0.2) is 0 Å². The summed E-state index contributed by atoms with van der Waals surface area (Å²) in [4.78, 5) is 9.05. The number of benzene rings is 3. The zero-order valence-electron chi connectivity index (χ0n) is 23.9. The molecule has 0 saturated heterocycles. The predicted octanol–water partition coefficient (Wildman–Crippen LogP) is 9.44. The first-order valence-electron chi connectivity index (χ1n) is 13.4. The van der Waals surface area contributed by atoms with Crippen LogP contribution in [0.1, 0.15) is 30.9 Å². The molecule has 1 radical (unpaired) electrons. The van der Waals surface area contributed by atoms with Crippen molar-refractivity contribution in [3.63, 3.8) is 0 Å². The molecule has 0 spiro atoms. The Kier molecular flexibility index (Phi) is 9.53. The Morgan fingerprint density at radius 2 is 1.55 bits per heavy atom. The third-order valence-electron chi connectivity index (χ3n) is 6.90. The second-order valence-electron chi connectivity index (χ2n) is 11.3. The van der Waals surface area contributed by atoms with Crippen molar-refractivity contribution in [2.75, 3.05) is 0 Å². The van der Waals surface area contributed by atoms with Crippen molar-refractivity contribution in [1.29, 1.82) is 0 Å². The summed E-state index contributed by atoms with van der Waals surface area (Å²) in [6.45, 7) is 13.6. The number of aryl methyl sites for hydroxylation is 1. The summed E-state index contributed by atoms with van der Waals surface area (Å²) in [6, 6.07) is 34.1. The van der Waals surface area contributed by atoms with Crippen molar-refractivity contribution in [3.05, 3.63) is 115 Å². The molecule has 0 N–H and O–H groups in total. The molecule has 205 valence electrons. The summed E-state index contributed by atoms with van der Waals surface area (Å²) in [5, 5.41) is 4.18. The van der Waals surface area contributed by atoms with Crippen molar-refractivity contribution >= 4 is 44.8 Å². The Balaban J connectivity index is 0.000000223. The second-order valence-corrected chi connectivity index (χ2v) is 17.4. The van der Waals surface area contributed by atoms with Crippen molar-refractivity contribution < 1.29 is 20.1 Å². The molecule has 3 heterocycles. The summed E-state index contributed by atoms with van der Waals surface area (Å²) in [5.74, 6) is 0.501. The second kappa shape index (κ2) is 12.7. The molecule has 5 heteroatoms. The molecule has 0 fully saturated rings. The molecule has 0 aliphatic carbocycles. The first-order valence-corrected chi connectivity index (χ1v) is 17.8. The zero-order valence-corrected chi connectivity index (χ0v) is 28.1. The molecule has 0 bridgehead atoms. The Hall–Kier alpha value is -2.95. The summed E-state index contributed by atoms with van der Waals surface area (Å²) < 4.78 is 2.67. The van der Waals surface area contributed by atoms with Crippen LogP contribution in [0.2, 0.25) is 19.6 Å². The molecule has 0 amide bonds. The number of fused-ring (bicyclic) bond motifs is 3. The standard InChI is InChI=1S/C23H24NSSi.C12H10N.Ir/c1-15(2)16-9-12-21(24-14-16)20-8-6-7-19-18-11-10-17(26(3,4)5)13-22(18)25-23(19)20;1-10-7-8-12(13-9-10)11-5-3-2-4-6-11;/h6-7,9-15H,1-5H3;2-5,7-9H,1H3;/q2*-1;. The normalized spacial score (nSPS) is 11.3. The van der Waals surface area contributed by atoms with E-state index in [1.165, 1.54) is 36.5 Å². The molecule has 6 aromatic rings. The Morgan fingerprint density at radius 1 is 0.775 bits per heavy atom. The van der Waals surface area contributed by atoms with Crippen molar-refractivity contribution in [2.24, 2.45) is 0 Å². The molecule has 0 aliphatic rings. The van der Waals surface area contributed by atoms with Gasteiger partial charge in [-0.2, -0.15) is 11.3 Å². The smallest absolute Gasteiger partial charge is 0.0776 e. The summed E-state index contributed by atoms with van der Waals surface area (Å²) >= 11 is 1.87. The van der Waals surface area contributed by atoms with Gasteiger partial charge in [0.25, 0.3) is 0 Å². The molecule has 3 aromatic heterocycles. The minimum absolute atomic E-state index is 0. The van der Waals surface area contributed by atoms with E-state index < -0.39 is 8.07 Å². The minimum atomic E-state index is -1.31. The molecule has 0 aliphatic heterocycles. The molecular weight excluding hydrogens is 701 g/mol. The molecule has 40 heavy (non-hydrogen) atoms. The van der Waals surface area contributed by atoms with Gasteiger partial charge in [0.2, 0.25) is 0 Å². The van der Waals surface area contributed by atoms with Gasteiger partial charge in [0.15, 0.2) is 0 Å². The Morgan fingerprint density at radius 3 is 2.17 bits per heavy atom. The largest absolute Gasteiger partial charge is 0.304 e. The maximum Gasteiger partial charge on any atom is 0.0776 e. The van der Waals surface area contributed by atoms with E-state index in [0.717, 1.165) is 22.5 Å². The van der Waals surface area contributed by atoms with Crippen LogP contribution in [-0.4, -0.2) is 18.0 Å². The van der Waals surface area contributed by atoms with Crippen LogP contribution in [0.3, 0.4) is 0 Å². The number of nitrogens with zero attached hydrogens (tertiary/aromatic N) is 2. The van der Waals surface area contributed by atoms with E-state index in [0.29, 0.717) is 5.92 Å². The van der Waals surface area contributed by atoms with E-state index in [1.807, 2.05) is 67.1 Å². The maximum absolute atomic E-state index is 4.73. The molecule has 0 atom stereocenters. The Labute approximate surface area is 256 Å². The van der Waals surface area contributed by atoms with E-state index in [9.17, 15) is 0 Å². The van der Waals surface area contributed by atoms with Gasteiger partial charge in [0.05, 0.1) is 8.07 Å². The molecule has 2 nitrogen and oxygen atoms in total. The molecule has 3 aromatic carbocycles. The van der Waals surface area contributed by atoms with Crippen molar-refractivity contribution in [2.45, 2.75) is 46.3 Å². The van der Waals surface area contributed by atoms with E-state index in [1.54, 1.807) is 0 Å². The number of aromatic nitrogens is 2. The van der Waals surface area contributed by atoms with E-state index in [4.69, 9.17) is 4.98 Å². The van der Waals surface area contributed by atoms with Crippen LogP contribution in [0, 0.1) is 19.1 Å². The predicted molar refractivity (Wildman–Crippen MR) is 172 cm³/mol. The molecule has 0 unspecified atom stereocenters. The van der Waals surface area contributed by atoms with Crippen molar-refractivity contribution in [3.8, 4) is 22.5 Å². The number of thiophene rings is 1. The van der Waals surface area contributed by atoms with E-state index in [-0.39, 0.29) is 20.1 Å². The first kappa shape index (κ1) is 30.0. The van der Waals surface area contributed by atoms with Gasteiger partial charge in [-0.05, 0) is 51.5 Å². The number of hydrogen-bond donors (Lipinski definition) is 0. The van der Waals surface area contributed by atoms with Gasteiger partial charge >= 0.3 is 0 Å². The zero-order chi connectivity index (χ0) is 27.6. The van der Waals surface area contributed by atoms with Crippen LogP contribution >= 0.6 is 11.3 Å². The van der Waals surface area contributed by atoms with Gasteiger partial charge in [0, 0.05) is 37.2 Å². The summed E-state index contributed by atoms with van der Waals surface area (Å²) in [7, 11) is -1.31. The van der Waals surface area contributed by atoms with E-state index in [2.05, 4.69) is 93.1 Å². The number of rotatable bonds is 4. The third kappa shape index (κ3) is 6.67. The fraction of sp³-hybridized carbons (Fsp3) is 0.200. The summed E-state index contributed by atoms with van der Waals surface area (Å²) in [6.07, 6.45) is 3.87. The van der Waals surface area contributed by atoms with Crippen LogP contribution in [-0.2, 0) is 20.1 Å². The molecule has 0 saturated carbocycles. The van der Waals surface area contributed by atoms with Gasteiger partial charge in [0.1, 0.15) is 0 Å². The summed E-state index contributed by atoms with van der Waals surface area (Å²) in [5.41, 5.74) is 6.61. The quantitative estimate of drug-likeness (QED) is 0.133. The number of hydrogen-bond acceptors (Lipinski definition) is 3. The van der Waals surface area contributed by atoms with E-state index >= 15 is 0 Å². The number of pyridine rings is 2. The minimum Gasteiger partial charge on any atom is -0.304 e. The average Bonchev–Trinajstić information content (AvgIpc) is 3.32. The van der Waals surface area contributed by atoms with Gasteiger partial charge in [-0.15, -0.1) is 59.7 Å². The van der Waals surface area contributed by atoms with Crippen LogP contribution in [0.25, 0.3) is 42.7 Å². The third-order valence-corrected chi connectivity index (χ3v) is 10.1. The fourth-order valence-corrected chi connectivity index (χ4v) is 6.99. The SMILES string of the molecule is CC(C)c1ccc(-c2[c-]ccc3c2sc2cc([Si](C)(C)C)ccc23)nc1.Cc1ccc(-c2[c-]cccc2)nc1.[Ir]. The van der Waals surface area contributed by atoms with Crippen LogP contribution in [0.4, 0.5) is 0 Å². The monoisotopic (exact) mass is 735 g/mol. The van der Waals surface area contributed by atoms with Crippen molar-refractivity contribution in [1.82, 2.24) is 9.97 Å². The van der Waals surface area contributed by atoms with Gasteiger partial charge < -0.3 is 9.97 Å². The molecular formula is C35H34IrN2SSi-2. The van der Waals surface area contributed by atoms with Crippen LogP contribution < -0.4 is 5.19 Å². The average molecular weight is 735 g/mol. The Bertz CT molecular complexity index is 1700. The first-order chi connectivity index (χ1) is 18.7. The fourth-order valence-electron chi connectivity index (χ4n) is 4.47. The van der Waals surface area contributed by atoms with Crippen LogP contribution in [0.15, 0.2) is 91.3 Å². The topological polar surface area (TPSA) is 25.8 Å². The van der Waals surface area contributed by atoms with Gasteiger partial charge in [-0.1, -0.05) is 80.5 Å². The van der Waals surface area contributed by atoms with Gasteiger partial charge in [-0.3, -0.25) is 0 Å². The molecule has 6 rings (SSSR count). The van der Waals surface area contributed by atoms with Crippen LogP contribution in [0.5, 0.6) is 0 Å².